The molecule has 0 saturated carbocycles. The molecule has 2 aromatic rings. The number of hydrogen-bond donors (Lipinski definition) is 1. The molecule has 6 heteroatoms. The maximum atomic E-state index is 13.4. The number of halogens is 3. The Morgan fingerprint density at radius 2 is 2.00 bits per heavy atom. The normalized spacial score (nSPS) is 10.5. The maximum Gasteiger partial charge on any atom is 0.145 e. The van der Waals surface area contributed by atoms with Crippen LogP contribution in [-0.4, -0.2) is 7.11 Å². The van der Waals surface area contributed by atoms with Crippen LogP contribution in [0.2, 0.25) is 5.02 Å². The minimum Gasteiger partial charge on any atom is -0.496 e. The number of ether oxygens (including phenoxy) is 2. The van der Waals surface area contributed by atoms with Gasteiger partial charge in [-0.2, -0.15) is 0 Å². The summed E-state index contributed by atoms with van der Waals surface area (Å²) >= 11 is 8.98. The molecule has 2 N–H and O–H groups in total. The van der Waals surface area contributed by atoms with E-state index in [0.717, 1.165) is 11.1 Å². The molecule has 3 nitrogen and oxygen atoms in total. The van der Waals surface area contributed by atoms with Crippen molar-refractivity contribution >= 4 is 27.5 Å². The molecule has 0 saturated heterocycles. The van der Waals surface area contributed by atoms with Gasteiger partial charge in [-0.25, -0.2) is 4.39 Å². The van der Waals surface area contributed by atoms with Crippen molar-refractivity contribution in [3.8, 4) is 11.5 Å². The molecule has 0 atom stereocenters. The van der Waals surface area contributed by atoms with Crippen molar-refractivity contribution in [2.75, 3.05) is 7.11 Å². The number of rotatable bonds is 5. The summed E-state index contributed by atoms with van der Waals surface area (Å²) < 4.78 is 24.9. The van der Waals surface area contributed by atoms with Crippen molar-refractivity contribution in [3.63, 3.8) is 0 Å². The first-order valence-corrected chi connectivity index (χ1v) is 7.35. The predicted octanol–water partition coefficient (Wildman–Crippen LogP) is 4.29. The summed E-state index contributed by atoms with van der Waals surface area (Å²) in [5, 5.41) is 0.0446. The van der Waals surface area contributed by atoms with Crippen LogP contribution in [0.25, 0.3) is 0 Å². The zero-order valence-electron chi connectivity index (χ0n) is 11.3. The van der Waals surface area contributed by atoms with Crippen LogP contribution < -0.4 is 15.2 Å². The molecule has 0 amide bonds. The van der Waals surface area contributed by atoms with Crippen LogP contribution in [-0.2, 0) is 13.2 Å². The van der Waals surface area contributed by atoms with E-state index in [9.17, 15) is 4.39 Å². The van der Waals surface area contributed by atoms with E-state index in [1.165, 1.54) is 12.1 Å². The van der Waals surface area contributed by atoms with Gasteiger partial charge in [-0.1, -0.05) is 23.7 Å². The van der Waals surface area contributed by atoms with E-state index in [1.807, 2.05) is 18.2 Å². The maximum absolute atomic E-state index is 13.4. The fraction of sp³-hybridized carbons (Fsp3) is 0.200. The molecule has 21 heavy (non-hydrogen) atoms. The van der Waals surface area contributed by atoms with Crippen molar-refractivity contribution in [2.24, 2.45) is 5.73 Å². The van der Waals surface area contributed by atoms with Gasteiger partial charge in [0.25, 0.3) is 0 Å². The number of nitrogens with two attached hydrogens (primary N) is 1. The van der Waals surface area contributed by atoms with E-state index in [-0.39, 0.29) is 11.6 Å². The molecular weight excluding hydrogens is 361 g/mol. The van der Waals surface area contributed by atoms with Gasteiger partial charge in [-0.15, -0.1) is 0 Å². The van der Waals surface area contributed by atoms with E-state index in [4.69, 9.17) is 26.8 Å². The zero-order valence-corrected chi connectivity index (χ0v) is 13.7. The standard InChI is InChI=1S/C15H14BrClFNO2/c1-20-14-4-9(2-3-10(14)7-19)8-21-15-6-13(18)12(17)5-11(15)16/h2-6H,7-8,19H2,1H3. The SMILES string of the molecule is COc1cc(COc2cc(F)c(Cl)cc2Br)ccc1CN. The molecular formula is C15H14BrClFNO2. The van der Waals surface area contributed by atoms with Gasteiger partial charge in [0.15, 0.2) is 0 Å². The van der Waals surface area contributed by atoms with Crippen molar-refractivity contribution in [3.05, 3.63) is 56.8 Å². The molecule has 0 aliphatic heterocycles. The highest BCUT2D eigenvalue weighted by molar-refractivity contribution is 9.10. The third kappa shape index (κ3) is 3.87. The summed E-state index contributed by atoms with van der Waals surface area (Å²) in [4.78, 5) is 0. The number of methoxy groups -OCH3 is 1. The quantitative estimate of drug-likeness (QED) is 0.794. The fourth-order valence-electron chi connectivity index (χ4n) is 1.82. The van der Waals surface area contributed by atoms with Gasteiger partial charge in [0.2, 0.25) is 0 Å². The van der Waals surface area contributed by atoms with Gasteiger partial charge in [0.05, 0.1) is 16.6 Å². The third-order valence-electron chi connectivity index (χ3n) is 2.94. The van der Waals surface area contributed by atoms with E-state index in [0.29, 0.717) is 22.5 Å². The Morgan fingerprint density at radius 3 is 2.67 bits per heavy atom. The molecule has 0 unspecified atom stereocenters. The van der Waals surface area contributed by atoms with Crippen LogP contribution >= 0.6 is 27.5 Å². The van der Waals surface area contributed by atoms with Crippen molar-refractivity contribution in [1.82, 2.24) is 0 Å². The Balaban J connectivity index is 2.15. The molecule has 2 rings (SSSR count). The summed E-state index contributed by atoms with van der Waals surface area (Å²) in [5.41, 5.74) is 7.43. The van der Waals surface area contributed by atoms with Crippen molar-refractivity contribution in [2.45, 2.75) is 13.2 Å². The predicted molar refractivity (Wildman–Crippen MR) is 84.3 cm³/mol. The van der Waals surface area contributed by atoms with E-state index < -0.39 is 5.82 Å². The second-order valence-electron chi connectivity index (χ2n) is 4.34. The van der Waals surface area contributed by atoms with Gasteiger partial charge in [0.1, 0.15) is 23.9 Å². The van der Waals surface area contributed by atoms with Gasteiger partial charge in [0, 0.05) is 18.2 Å². The third-order valence-corrected chi connectivity index (χ3v) is 3.85. The van der Waals surface area contributed by atoms with Gasteiger partial charge in [-0.3, -0.25) is 0 Å². The Kier molecular flexibility index (Phi) is 5.45. The Morgan fingerprint density at radius 1 is 1.24 bits per heavy atom. The molecule has 0 bridgehead atoms. The molecule has 112 valence electrons. The van der Waals surface area contributed by atoms with Crippen molar-refractivity contribution < 1.29 is 13.9 Å². The van der Waals surface area contributed by atoms with Crippen molar-refractivity contribution in [1.29, 1.82) is 0 Å². The Bertz CT molecular complexity index is 652. The first-order valence-electron chi connectivity index (χ1n) is 6.18. The summed E-state index contributed by atoms with van der Waals surface area (Å²) in [6, 6.07) is 8.34. The van der Waals surface area contributed by atoms with Crippen LogP contribution in [0.3, 0.4) is 0 Å². The molecule has 0 aromatic heterocycles. The number of hydrogen-bond acceptors (Lipinski definition) is 3. The lowest BCUT2D eigenvalue weighted by Gasteiger charge is -2.12. The first kappa shape index (κ1) is 16.1. The Hall–Kier alpha value is -1.30. The topological polar surface area (TPSA) is 44.5 Å². The number of benzene rings is 2. The van der Waals surface area contributed by atoms with E-state index >= 15 is 0 Å². The lowest BCUT2D eigenvalue weighted by Crippen LogP contribution is -2.02. The minimum atomic E-state index is -0.522. The van der Waals surface area contributed by atoms with Crippen LogP contribution in [0.5, 0.6) is 11.5 Å². The molecule has 0 fully saturated rings. The zero-order chi connectivity index (χ0) is 15.4. The molecule has 0 aliphatic carbocycles. The average molecular weight is 375 g/mol. The van der Waals surface area contributed by atoms with E-state index in [2.05, 4.69) is 15.9 Å². The van der Waals surface area contributed by atoms with Crippen LogP contribution in [0.15, 0.2) is 34.8 Å². The smallest absolute Gasteiger partial charge is 0.145 e. The largest absolute Gasteiger partial charge is 0.496 e. The second kappa shape index (κ2) is 7.11. The van der Waals surface area contributed by atoms with Gasteiger partial charge in [-0.05, 0) is 33.6 Å². The summed E-state index contributed by atoms with van der Waals surface area (Å²) in [6.45, 7) is 0.680. The highest BCUT2D eigenvalue weighted by atomic mass is 79.9. The molecule has 0 radical (unpaired) electrons. The highest BCUT2D eigenvalue weighted by Crippen LogP contribution is 2.31. The van der Waals surface area contributed by atoms with Gasteiger partial charge >= 0.3 is 0 Å². The van der Waals surface area contributed by atoms with E-state index in [1.54, 1.807) is 7.11 Å². The van der Waals surface area contributed by atoms with Crippen LogP contribution in [0.4, 0.5) is 4.39 Å². The lowest BCUT2D eigenvalue weighted by atomic mass is 10.1. The summed E-state index contributed by atoms with van der Waals surface area (Å²) in [7, 11) is 1.59. The summed E-state index contributed by atoms with van der Waals surface area (Å²) in [5.74, 6) is 0.574. The lowest BCUT2D eigenvalue weighted by molar-refractivity contribution is 0.301. The molecule has 0 aliphatic rings. The first-order chi connectivity index (χ1) is 10.0. The molecule has 0 heterocycles. The van der Waals surface area contributed by atoms with Crippen LogP contribution in [0, 0.1) is 5.82 Å². The molecule has 2 aromatic carbocycles. The monoisotopic (exact) mass is 373 g/mol. The highest BCUT2D eigenvalue weighted by Gasteiger charge is 2.09. The average Bonchev–Trinajstić information content (AvgIpc) is 2.49. The minimum absolute atomic E-state index is 0.0446. The fourth-order valence-corrected chi connectivity index (χ4v) is 2.58. The Labute approximate surface area is 135 Å². The van der Waals surface area contributed by atoms with Gasteiger partial charge < -0.3 is 15.2 Å². The van der Waals surface area contributed by atoms with Crippen LogP contribution in [0.1, 0.15) is 11.1 Å². The summed E-state index contributed by atoms with van der Waals surface area (Å²) in [6.07, 6.45) is 0. The second-order valence-corrected chi connectivity index (χ2v) is 5.60. The molecule has 0 spiro atoms.